The summed E-state index contributed by atoms with van der Waals surface area (Å²) in [5.41, 5.74) is 6.18. The third-order valence-corrected chi connectivity index (χ3v) is 2.08. The molecule has 1 heterocycles. The van der Waals surface area contributed by atoms with E-state index in [0.717, 1.165) is 11.3 Å². The number of furan rings is 1. The molecule has 0 amide bonds. The SMILES string of the molecule is NCC1CC(=O)c2ccoc21. The van der Waals surface area contributed by atoms with Gasteiger partial charge in [-0.15, -0.1) is 0 Å². The van der Waals surface area contributed by atoms with E-state index in [9.17, 15) is 4.79 Å². The van der Waals surface area contributed by atoms with Crippen LogP contribution in [-0.4, -0.2) is 12.3 Å². The first-order valence-corrected chi connectivity index (χ1v) is 3.63. The first kappa shape index (κ1) is 6.61. The van der Waals surface area contributed by atoms with E-state index in [2.05, 4.69) is 0 Å². The molecule has 0 aromatic carbocycles. The molecular weight excluding hydrogens is 142 g/mol. The highest BCUT2D eigenvalue weighted by atomic mass is 16.3. The number of fused-ring (bicyclic) bond motifs is 1. The van der Waals surface area contributed by atoms with Crippen molar-refractivity contribution in [1.82, 2.24) is 0 Å². The summed E-state index contributed by atoms with van der Waals surface area (Å²) in [6.07, 6.45) is 2.07. The summed E-state index contributed by atoms with van der Waals surface area (Å²) in [4.78, 5) is 11.2. The van der Waals surface area contributed by atoms with Crippen LogP contribution in [-0.2, 0) is 0 Å². The number of ketones is 1. The van der Waals surface area contributed by atoms with Crippen molar-refractivity contribution in [3.63, 3.8) is 0 Å². The van der Waals surface area contributed by atoms with Crippen LogP contribution in [0.25, 0.3) is 0 Å². The van der Waals surface area contributed by atoms with Gasteiger partial charge in [0, 0.05) is 18.9 Å². The molecule has 0 radical (unpaired) electrons. The molecule has 1 unspecified atom stereocenters. The zero-order valence-corrected chi connectivity index (χ0v) is 6.04. The van der Waals surface area contributed by atoms with Gasteiger partial charge in [-0.2, -0.15) is 0 Å². The van der Waals surface area contributed by atoms with Crippen molar-refractivity contribution in [3.8, 4) is 0 Å². The molecule has 1 aliphatic rings. The van der Waals surface area contributed by atoms with E-state index >= 15 is 0 Å². The van der Waals surface area contributed by atoms with Crippen molar-refractivity contribution < 1.29 is 9.21 Å². The number of carbonyl (C=O) groups excluding carboxylic acids is 1. The van der Waals surface area contributed by atoms with Gasteiger partial charge in [0.25, 0.3) is 0 Å². The molecule has 1 atom stereocenters. The quantitative estimate of drug-likeness (QED) is 0.649. The third-order valence-electron chi connectivity index (χ3n) is 2.08. The summed E-state index contributed by atoms with van der Waals surface area (Å²) in [6, 6.07) is 1.72. The first-order valence-electron chi connectivity index (χ1n) is 3.63. The Morgan fingerprint density at radius 3 is 3.27 bits per heavy atom. The molecule has 58 valence electrons. The van der Waals surface area contributed by atoms with Crippen molar-refractivity contribution in [2.45, 2.75) is 12.3 Å². The number of nitrogens with two attached hydrogens (primary N) is 1. The Kier molecular flexibility index (Phi) is 1.32. The van der Waals surface area contributed by atoms with Gasteiger partial charge >= 0.3 is 0 Å². The maximum absolute atomic E-state index is 11.2. The average Bonchev–Trinajstić information content (AvgIpc) is 2.54. The van der Waals surface area contributed by atoms with Gasteiger partial charge in [-0.1, -0.05) is 0 Å². The van der Waals surface area contributed by atoms with Crippen molar-refractivity contribution in [3.05, 3.63) is 23.7 Å². The molecule has 1 aromatic heterocycles. The van der Waals surface area contributed by atoms with Crippen molar-refractivity contribution in [2.24, 2.45) is 5.73 Å². The second kappa shape index (κ2) is 2.20. The second-order valence-electron chi connectivity index (χ2n) is 2.76. The second-order valence-corrected chi connectivity index (χ2v) is 2.76. The van der Waals surface area contributed by atoms with Gasteiger partial charge in [0.1, 0.15) is 5.76 Å². The standard InChI is InChI=1S/C8H9NO2/c9-4-5-3-7(10)6-1-2-11-8(5)6/h1-2,5H,3-4,9H2. The molecule has 0 saturated carbocycles. The van der Waals surface area contributed by atoms with Crippen LogP contribution >= 0.6 is 0 Å². The lowest BCUT2D eigenvalue weighted by molar-refractivity contribution is 0.0989. The number of hydrogen-bond donors (Lipinski definition) is 1. The Balaban J connectivity index is 2.45. The highest BCUT2D eigenvalue weighted by Gasteiger charge is 2.31. The molecule has 0 spiro atoms. The average molecular weight is 151 g/mol. The smallest absolute Gasteiger partial charge is 0.167 e. The lowest BCUT2D eigenvalue weighted by Crippen LogP contribution is -2.09. The van der Waals surface area contributed by atoms with Crippen LogP contribution in [0.4, 0.5) is 0 Å². The van der Waals surface area contributed by atoms with Crippen LogP contribution in [0.15, 0.2) is 16.7 Å². The highest BCUT2D eigenvalue weighted by molar-refractivity contribution is 6.00. The first-order chi connectivity index (χ1) is 5.33. The van der Waals surface area contributed by atoms with Gasteiger partial charge in [0.2, 0.25) is 0 Å². The van der Waals surface area contributed by atoms with Crippen LogP contribution < -0.4 is 5.73 Å². The predicted octanol–water partition coefficient (Wildman–Crippen LogP) is 0.908. The Bertz CT molecular complexity index is 290. The largest absolute Gasteiger partial charge is 0.468 e. The molecule has 3 nitrogen and oxygen atoms in total. The monoisotopic (exact) mass is 151 g/mol. The minimum atomic E-state index is 0.118. The fraction of sp³-hybridized carbons (Fsp3) is 0.375. The third kappa shape index (κ3) is 0.811. The molecule has 2 rings (SSSR count). The van der Waals surface area contributed by atoms with Crippen LogP contribution in [0.2, 0.25) is 0 Å². The molecule has 3 heteroatoms. The van der Waals surface area contributed by atoms with Gasteiger partial charge in [0.05, 0.1) is 11.8 Å². The molecular formula is C8H9NO2. The Morgan fingerprint density at radius 2 is 2.55 bits per heavy atom. The Morgan fingerprint density at radius 1 is 1.73 bits per heavy atom. The molecule has 0 fully saturated rings. The summed E-state index contributed by atoms with van der Waals surface area (Å²) >= 11 is 0. The lowest BCUT2D eigenvalue weighted by Gasteiger charge is -2.00. The van der Waals surface area contributed by atoms with E-state index < -0.39 is 0 Å². The summed E-state index contributed by atoms with van der Waals surface area (Å²) in [6.45, 7) is 0.492. The number of rotatable bonds is 1. The molecule has 0 aliphatic heterocycles. The fourth-order valence-corrected chi connectivity index (χ4v) is 1.48. The van der Waals surface area contributed by atoms with E-state index in [1.165, 1.54) is 0 Å². The molecule has 2 N–H and O–H groups in total. The fourth-order valence-electron chi connectivity index (χ4n) is 1.48. The van der Waals surface area contributed by atoms with E-state index in [1.54, 1.807) is 12.3 Å². The number of Topliss-reactive ketones (excluding diaryl/α,β-unsaturated/α-hetero) is 1. The van der Waals surface area contributed by atoms with Crippen molar-refractivity contribution in [2.75, 3.05) is 6.54 Å². The predicted molar refractivity (Wildman–Crippen MR) is 39.5 cm³/mol. The van der Waals surface area contributed by atoms with Crippen LogP contribution in [0.1, 0.15) is 28.5 Å². The van der Waals surface area contributed by atoms with E-state index in [0.29, 0.717) is 13.0 Å². The van der Waals surface area contributed by atoms with E-state index in [1.807, 2.05) is 0 Å². The minimum Gasteiger partial charge on any atom is -0.468 e. The van der Waals surface area contributed by atoms with Gasteiger partial charge in [-0.25, -0.2) is 0 Å². The minimum absolute atomic E-state index is 0.118. The van der Waals surface area contributed by atoms with Crippen LogP contribution in [0.5, 0.6) is 0 Å². The summed E-state index contributed by atoms with van der Waals surface area (Å²) in [5, 5.41) is 0. The number of carbonyl (C=O) groups is 1. The summed E-state index contributed by atoms with van der Waals surface area (Å²) in [7, 11) is 0. The lowest BCUT2D eigenvalue weighted by atomic mass is 10.1. The van der Waals surface area contributed by atoms with E-state index in [-0.39, 0.29) is 11.7 Å². The highest BCUT2D eigenvalue weighted by Crippen LogP contribution is 2.32. The topological polar surface area (TPSA) is 56.2 Å². The van der Waals surface area contributed by atoms with Gasteiger partial charge in [0.15, 0.2) is 5.78 Å². The molecule has 1 aliphatic carbocycles. The molecule has 0 bridgehead atoms. The maximum atomic E-state index is 11.2. The zero-order chi connectivity index (χ0) is 7.84. The van der Waals surface area contributed by atoms with Crippen LogP contribution in [0, 0.1) is 0 Å². The van der Waals surface area contributed by atoms with Gasteiger partial charge in [-0.3, -0.25) is 4.79 Å². The maximum Gasteiger partial charge on any atom is 0.167 e. The zero-order valence-electron chi connectivity index (χ0n) is 6.04. The summed E-state index contributed by atoms with van der Waals surface area (Å²) in [5.74, 6) is 1.05. The van der Waals surface area contributed by atoms with Crippen molar-refractivity contribution >= 4 is 5.78 Å². The summed E-state index contributed by atoms with van der Waals surface area (Å²) < 4.78 is 5.15. The number of hydrogen-bond acceptors (Lipinski definition) is 3. The van der Waals surface area contributed by atoms with Gasteiger partial charge in [-0.05, 0) is 6.07 Å². The van der Waals surface area contributed by atoms with Gasteiger partial charge < -0.3 is 10.2 Å². The molecule has 1 aromatic rings. The molecule has 0 saturated heterocycles. The molecule has 11 heavy (non-hydrogen) atoms. The normalized spacial score (nSPS) is 22.3. The Labute approximate surface area is 64.2 Å². The Hall–Kier alpha value is -1.09. The van der Waals surface area contributed by atoms with E-state index in [4.69, 9.17) is 10.2 Å². The van der Waals surface area contributed by atoms with Crippen molar-refractivity contribution in [1.29, 1.82) is 0 Å². The van der Waals surface area contributed by atoms with Crippen LogP contribution in [0.3, 0.4) is 0 Å².